The molecule has 3 aliphatic rings. The van der Waals surface area contributed by atoms with Gasteiger partial charge in [0.2, 0.25) is 5.91 Å². The van der Waals surface area contributed by atoms with Crippen LogP contribution in [-0.4, -0.2) is 54.7 Å². The quantitative estimate of drug-likeness (QED) is 0.756. The van der Waals surface area contributed by atoms with Gasteiger partial charge in [-0.2, -0.15) is 13.2 Å². The number of hydrogen-bond acceptors (Lipinski definition) is 4. The molecule has 1 unspecified atom stereocenters. The van der Waals surface area contributed by atoms with Crippen molar-refractivity contribution in [2.75, 3.05) is 26.2 Å². The Labute approximate surface area is 169 Å². The van der Waals surface area contributed by atoms with Gasteiger partial charge in [0.15, 0.2) is 0 Å². The van der Waals surface area contributed by atoms with Gasteiger partial charge in [0.05, 0.1) is 24.3 Å². The van der Waals surface area contributed by atoms with Crippen LogP contribution in [0.1, 0.15) is 43.2 Å². The Morgan fingerprint density at radius 3 is 2.66 bits per heavy atom. The molecule has 160 valence electrons. The highest BCUT2D eigenvalue weighted by molar-refractivity contribution is 5.78. The number of nitrogens with one attached hydrogen (secondary N) is 2. The first kappa shape index (κ1) is 20.6. The molecule has 29 heavy (non-hydrogen) atoms. The lowest BCUT2D eigenvalue weighted by Crippen LogP contribution is -2.47. The van der Waals surface area contributed by atoms with Crippen LogP contribution in [-0.2, 0) is 22.3 Å². The van der Waals surface area contributed by atoms with Gasteiger partial charge in [-0.1, -0.05) is 12.1 Å². The molecule has 2 saturated heterocycles. The van der Waals surface area contributed by atoms with Crippen molar-refractivity contribution < 1.29 is 22.7 Å². The highest BCUT2D eigenvalue weighted by Crippen LogP contribution is 2.37. The van der Waals surface area contributed by atoms with E-state index in [2.05, 4.69) is 15.5 Å². The molecule has 3 fully saturated rings. The number of carbonyl (C=O) groups is 1. The van der Waals surface area contributed by atoms with Gasteiger partial charge in [0, 0.05) is 31.7 Å². The molecule has 2 aliphatic heterocycles. The molecule has 5 nitrogen and oxygen atoms in total. The summed E-state index contributed by atoms with van der Waals surface area (Å²) in [7, 11) is 0. The molecule has 0 radical (unpaired) electrons. The first-order valence-electron chi connectivity index (χ1n) is 10.4. The first-order chi connectivity index (χ1) is 13.8. The van der Waals surface area contributed by atoms with Crippen LogP contribution in [0.5, 0.6) is 0 Å². The van der Waals surface area contributed by atoms with E-state index >= 15 is 0 Å². The van der Waals surface area contributed by atoms with E-state index in [9.17, 15) is 18.0 Å². The van der Waals surface area contributed by atoms with Gasteiger partial charge in [0.25, 0.3) is 0 Å². The number of amides is 1. The predicted molar refractivity (Wildman–Crippen MR) is 102 cm³/mol. The van der Waals surface area contributed by atoms with Crippen molar-refractivity contribution in [3.63, 3.8) is 0 Å². The van der Waals surface area contributed by atoms with Gasteiger partial charge < -0.3 is 15.4 Å². The van der Waals surface area contributed by atoms with Crippen LogP contribution >= 0.6 is 0 Å². The third-order valence-corrected chi connectivity index (χ3v) is 6.14. The number of benzene rings is 1. The molecule has 1 amide bonds. The Kier molecular flexibility index (Phi) is 5.86. The highest BCUT2D eigenvalue weighted by Gasteiger charge is 2.43. The zero-order valence-corrected chi connectivity index (χ0v) is 16.4. The molecule has 0 bridgehead atoms. The van der Waals surface area contributed by atoms with Crippen LogP contribution in [0, 0.1) is 0 Å². The zero-order valence-electron chi connectivity index (χ0n) is 16.4. The van der Waals surface area contributed by atoms with Crippen molar-refractivity contribution in [3.8, 4) is 0 Å². The van der Waals surface area contributed by atoms with E-state index < -0.39 is 11.7 Å². The van der Waals surface area contributed by atoms with Gasteiger partial charge in [-0.25, -0.2) is 0 Å². The minimum absolute atomic E-state index is 0.0580. The largest absolute Gasteiger partial charge is 0.416 e. The van der Waals surface area contributed by atoms with Gasteiger partial charge in [-0.05, 0) is 49.8 Å². The molecular formula is C21H28F3N3O2. The van der Waals surface area contributed by atoms with E-state index in [0.29, 0.717) is 17.6 Å². The smallest absolute Gasteiger partial charge is 0.373 e. The normalized spacial score (nSPS) is 24.7. The molecular weight excluding hydrogens is 383 g/mol. The van der Waals surface area contributed by atoms with E-state index in [1.54, 1.807) is 6.07 Å². The van der Waals surface area contributed by atoms with Crippen LogP contribution in [0.15, 0.2) is 24.3 Å². The predicted octanol–water partition coefficient (Wildman–Crippen LogP) is 2.70. The number of nitrogens with zero attached hydrogens (tertiary/aromatic N) is 1. The topological polar surface area (TPSA) is 53.6 Å². The van der Waals surface area contributed by atoms with Crippen LogP contribution < -0.4 is 10.6 Å². The third-order valence-electron chi connectivity index (χ3n) is 6.14. The van der Waals surface area contributed by atoms with Crippen molar-refractivity contribution in [3.05, 3.63) is 35.4 Å². The fourth-order valence-electron chi connectivity index (χ4n) is 4.32. The molecule has 4 rings (SSSR count). The van der Waals surface area contributed by atoms with Crippen molar-refractivity contribution in [2.45, 2.75) is 62.5 Å². The number of halogens is 3. The summed E-state index contributed by atoms with van der Waals surface area (Å²) in [6.45, 7) is 2.73. The van der Waals surface area contributed by atoms with E-state index in [1.165, 1.54) is 18.9 Å². The Bertz CT molecular complexity index is 728. The Balaban J connectivity index is 1.19. The lowest BCUT2D eigenvalue weighted by Gasteiger charge is -2.38. The van der Waals surface area contributed by atoms with Crippen molar-refractivity contribution in [1.82, 2.24) is 15.5 Å². The Hall–Kier alpha value is -1.64. The number of likely N-dealkylation sites (tertiary alicyclic amines) is 1. The minimum atomic E-state index is -4.38. The average molecular weight is 411 g/mol. The summed E-state index contributed by atoms with van der Waals surface area (Å²) in [5.74, 6) is -0.168. The Morgan fingerprint density at radius 2 is 1.97 bits per heavy atom. The second-order valence-corrected chi connectivity index (χ2v) is 8.59. The Morgan fingerprint density at radius 1 is 1.21 bits per heavy atom. The van der Waals surface area contributed by atoms with Crippen LogP contribution in [0.2, 0.25) is 0 Å². The minimum Gasteiger partial charge on any atom is -0.373 e. The molecule has 1 spiro atoms. The summed E-state index contributed by atoms with van der Waals surface area (Å²) < 4.78 is 44.5. The van der Waals surface area contributed by atoms with Gasteiger partial charge in [0.1, 0.15) is 0 Å². The van der Waals surface area contributed by atoms with E-state index in [-0.39, 0.29) is 24.6 Å². The molecule has 8 heteroatoms. The third kappa shape index (κ3) is 5.49. The average Bonchev–Trinajstić information content (AvgIpc) is 3.42. The van der Waals surface area contributed by atoms with Crippen LogP contribution in [0.3, 0.4) is 0 Å². The van der Waals surface area contributed by atoms with E-state index in [4.69, 9.17) is 4.74 Å². The number of piperidine rings is 1. The van der Waals surface area contributed by atoms with Crippen molar-refractivity contribution in [1.29, 1.82) is 0 Å². The van der Waals surface area contributed by atoms with Crippen molar-refractivity contribution >= 4 is 5.91 Å². The van der Waals surface area contributed by atoms with Gasteiger partial charge in [-0.15, -0.1) is 0 Å². The molecule has 1 saturated carbocycles. The second-order valence-electron chi connectivity index (χ2n) is 8.59. The fourth-order valence-corrected chi connectivity index (χ4v) is 4.32. The maximum absolute atomic E-state index is 12.8. The number of carbonyl (C=O) groups excluding carboxylic acids is 1. The van der Waals surface area contributed by atoms with Gasteiger partial charge in [-0.3, -0.25) is 9.69 Å². The maximum atomic E-state index is 12.8. The lowest BCUT2D eigenvalue weighted by molar-refractivity contribution is -0.137. The van der Waals surface area contributed by atoms with E-state index in [0.717, 1.165) is 51.1 Å². The standard InChI is InChI=1S/C21H28F3N3O2/c22-21(23,24)16-3-1-2-15(10-16)12-25-19(28)13-27-8-6-20(7-9-27)11-18(14-29-20)26-17-4-5-17/h1-3,10,17-18,26H,4-9,11-14H2,(H,25,28). The summed E-state index contributed by atoms with van der Waals surface area (Å²) in [6.07, 6.45) is 1.03. The summed E-state index contributed by atoms with van der Waals surface area (Å²) in [5, 5.41) is 6.37. The highest BCUT2D eigenvalue weighted by atomic mass is 19.4. The number of alkyl halides is 3. The van der Waals surface area contributed by atoms with Crippen molar-refractivity contribution in [2.24, 2.45) is 0 Å². The molecule has 1 aromatic rings. The van der Waals surface area contributed by atoms with Gasteiger partial charge >= 0.3 is 6.18 Å². The molecule has 2 N–H and O–H groups in total. The second kappa shape index (κ2) is 8.24. The summed E-state index contributed by atoms with van der Waals surface area (Å²) in [5.41, 5.74) is -0.312. The monoisotopic (exact) mass is 411 g/mol. The van der Waals surface area contributed by atoms with E-state index in [1.807, 2.05) is 0 Å². The van der Waals surface area contributed by atoms with Crippen LogP contribution in [0.25, 0.3) is 0 Å². The number of hydrogen-bond donors (Lipinski definition) is 2. The lowest BCUT2D eigenvalue weighted by atomic mass is 9.87. The molecule has 2 heterocycles. The summed E-state index contributed by atoms with van der Waals surface area (Å²) in [4.78, 5) is 14.3. The van der Waals surface area contributed by atoms with Crippen LogP contribution in [0.4, 0.5) is 13.2 Å². The molecule has 1 aromatic carbocycles. The SMILES string of the molecule is O=C(CN1CCC2(CC1)CC(NC1CC1)CO2)NCc1cccc(C(F)(F)F)c1. The zero-order chi connectivity index (χ0) is 20.5. The fraction of sp³-hybridized carbons (Fsp3) is 0.667. The molecule has 0 aromatic heterocycles. The molecule has 1 atom stereocenters. The summed E-state index contributed by atoms with van der Waals surface area (Å²) >= 11 is 0. The molecule has 1 aliphatic carbocycles. The summed E-state index contributed by atoms with van der Waals surface area (Å²) in [6, 6.07) is 6.19. The maximum Gasteiger partial charge on any atom is 0.416 e. The number of ether oxygens (including phenoxy) is 1. The number of rotatable bonds is 6. The first-order valence-corrected chi connectivity index (χ1v) is 10.4.